The number of benzene rings is 2. The third-order valence-corrected chi connectivity index (χ3v) is 4.44. The van der Waals surface area contributed by atoms with Crippen LogP contribution in [0.1, 0.15) is 46.7 Å². The Morgan fingerprint density at radius 2 is 2.00 bits per heavy atom. The van der Waals surface area contributed by atoms with E-state index in [4.69, 9.17) is 0 Å². The number of aromatic hydroxyl groups is 1. The number of amides is 1. The molecule has 2 aromatic rings. The number of non-ortho nitro benzene ring substituents is 1. The summed E-state index contributed by atoms with van der Waals surface area (Å²) in [4.78, 5) is 23.1. The molecule has 0 unspecified atom stereocenters. The second-order valence-electron chi connectivity index (χ2n) is 6.13. The molecule has 0 atom stereocenters. The number of aryl methyl sites for hydroxylation is 1. The summed E-state index contributed by atoms with van der Waals surface area (Å²) < 4.78 is 0. The summed E-state index contributed by atoms with van der Waals surface area (Å²) in [5.74, 6) is -0.290. The van der Waals surface area contributed by atoms with Crippen LogP contribution in [-0.4, -0.2) is 15.9 Å². The highest BCUT2D eigenvalue weighted by Crippen LogP contribution is 2.41. The molecule has 2 N–H and O–H groups in total. The fourth-order valence-corrected chi connectivity index (χ4v) is 2.86. The first-order chi connectivity index (χ1) is 11.5. The number of carbonyl (C=O) groups is 1. The maximum atomic E-state index is 12.5. The maximum absolute atomic E-state index is 12.5. The number of nitrogens with zero attached hydrogens (tertiary/aromatic N) is 1. The molecule has 6 heteroatoms. The van der Waals surface area contributed by atoms with Gasteiger partial charge in [-0.15, -0.1) is 0 Å². The molecule has 1 fully saturated rings. The van der Waals surface area contributed by atoms with Crippen molar-refractivity contribution in [2.75, 3.05) is 5.32 Å². The molecule has 0 radical (unpaired) electrons. The van der Waals surface area contributed by atoms with Crippen LogP contribution in [0.2, 0.25) is 0 Å². The van der Waals surface area contributed by atoms with Gasteiger partial charge < -0.3 is 10.4 Å². The van der Waals surface area contributed by atoms with Gasteiger partial charge in [0.25, 0.3) is 11.6 Å². The Hall–Kier alpha value is -2.89. The van der Waals surface area contributed by atoms with Crippen LogP contribution in [0.3, 0.4) is 0 Å². The minimum Gasteiger partial charge on any atom is -0.507 e. The van der Waals surface area contributed by atoms with Gasteiger partial charge in [0.15, 0.2) is 0 Å². The molecule has 124 valence electrons. The lowest BCUT2D eigenvalue weighted by Crippen LogP contribution is -2.17. The van der Waals surface area contributed by atoms with Crippen molar-refractivity contribution in [3.05, 3.63) is 63.2 Å². The van der Waals surface area contributed by atoms with Crippen LogP contribution in [-0.2, 0) is 0 Å². The highest BCUT2D eigenvalue weighted by molar-refractivity contribution is 6.06. The van der Waals surface area contributed by atoms with E-state index in [0.717, 1.165) is 30.4 Å². The number of nitro groups is 1. The van der Waals surface area contributed by atoms with E-state index in [2.05, 4.69) is 5.32 Å². The number of nitrogens with one attached hydrogen (secondary N) is 1. The molecule has 0 bridgehead atoms. The first-order valence-electron chi connectivity index (χ1n) is 7.85. The second-order valence-corrected chi connectivity index (χ2v) is 6.13. The SMILES string of the molecule is Cc1ccc(O)c(C(=O)Nc2ccc([N+](=O)[O-])cc2C2CCC2)c1. The van der Waals surface area contributed by atoms with Crippen molar-refractivity contribution in [1.82, 2.24) is 0 Å². The molecule has 0 saturated heterocycles. The van der Waals surface area contributed by atoms with Gasteiger partial charge in [-0.25, -0.2) is 0 Å². The van der Waals surface area contributed by atoms with Crippen molar-refractivity contribution in [1.29, 1.82) is 0 Å². The molecule has 0 heterocycles. The van der Waals surface area contributed by atoms with Gasteiger partial charge in [-0.1, -0.05) is 18.1 Å². The topological polar surface area (TPSA) is 92.5 Å². The van der Waals surface area contributed by atoms with E-state index in [1.807, 2.05) is 6.92 Å². The lowest BCUT2D eigenvalue weighted by Gasteiger charge is -2.27. The molecule has 24 heavy (non-hydrogen) atoms. The van der Waals surface area contributed by atoms with Crippen LogP contribution in [0.5, 0.6) is 5.75 Å². The van der Waals surface area contributed by atoms with E-state index >= 15 is 0 Å². The van der Waals surface area contributed by atoms with E-state index < -0.39 is 10.8 Å². The quantitative estimate of drug-likeness (QED) is 0.652. The van der Waals surface area contributed by atoms with Crippen molar-refractivity contribution >= 4 is 17.3 Å². The third kappa shape index (κ3) is 3.08. The van der Waals surface area contributed by atoms with E-state index in [-0.39, 0.29) is 22.9 Å². The minimum absolute atomic E-state index is 0.0216. The van der Waals surface area contributed by atoms with E-state index in [9.17, 15) is 20.0 Å². The van der Waals surface area contributed by atoms with E-state index in [1.54, 1.807) is 18.2 Å². The molecule has 6 nitrogen and oxygen atoms in total. The fourth-order valence-electron chi connectivity index (χ4n) is 2.86. The summed E-state index contributed by atoms with van der Waals surface area (Å²) in [6, 6.07) is 9.30. The van der Waals surface area contributed by atoms with Crippen molar-refractivity contribution in [3.63, 3.8) is 0 Å². The fraction of sp³-hybridized carbons (Fsp3) is 0.278. The largest absolute Gasteiger partial charge is 0.507 e. The molecular weight excluding hydrogens is 308 g/mol. The molecule has 1 aliphatic carbocycles. The lowest BCUT2D eigenvalue weighted by molar-refractivity contribution is -0.384. The number of phenolic OH excluding ortho intramolecular Hbond substituents is 1. The highest BCUT2D eigenvalue weighted by Gasteiger charge is 2.25. The molecule has 1 saturated carbocycles. The van der Waals surface area contributed by atoms with Gasteiger partial charge in [-0.05, 0) is 49.4 Å². The molecule has 1 amide bonds. The van der Waals surface area contributed by atoms with E-state index in [0.29, 0.717) is 5.69 Å². The Labute approximate surface area is 139 Å². The number of phenols is 1. The van der Waals surface area contributed by atoms with Crippen LogP contribution in [0.4, 0.5) is 11.4 Å². The van der Waals surface area contributed by atoms with Crippen LogP contribution in [0.15, 0.2) is 36.4 Å². The average Bonchev–Trinajstić information content (AvgIpc) is 2.49. The molecule has 0 aliphatic heterocycles. The Morgan fingerprint density at radius 3 is 2.62 bits per heavy atom. The number of rotatable bonds is 4. The third-order valence-electron chi connectivity index (χ3n) is 4.44. The Morgan fingerprint density at radius 1 is 1.25 bits per heavy atom. The molecular formula is C18H18N2O4. The van der Waals surface area contributed by atoms with Gasteiger partial charge in [0.1, 0.15) is 5.75 Å². The predicted octanol–water partition coefficient (Wildman–Crippen LogP) is 4.13. The first-order valence-corrected chi connectivity index (χ1v) is 7.85. The molecule has 0 aromatic heterocycles. The lowest BCUT2D eigenvalue weighted by atomic mass is 9.79. The van der Waals surface area contributed by atoms with Crippen LogP contribution in [0, 0.1) is 17.0 Å². The molecule has 2 aromatic carbocycles. The predicted molar refractivity (Wildman–Crippen MR) is 90.5 cm³/mol. The first kappa shape index (κ1) is 16.0. The van der Waals surface area contributed by atoms with Gasteiger partial charge in [0.05, 0.1) is 10.5 Å². The zero-order chi connectivity index (χ0) is 17.3. The smallest absolute Gasteiger partial charge is 0.269 e. The van der Waals surface area contributed by atoms with Gasteiger partial charge in [0.2, 0.25) is 0 Å². The standard InChI is InChI=1S/C18H18N2O4/c1-11-5-8-17(21)15(9-11)18(22)19-16-7-6-13(20(23)24)10-14(16)12-3-2-4-12/h5-10,12,21H,2-4H2,1H3,(H,19,22). The summed E-state index contributed by atoms with van der Waals surface area (Å²) in [5.41, 5.74) is 2.43. The maximum Gasteiger partial charge on any atom is 0.269 e. The summed E-state index contributed by atoms with van der Waals surface area (Å²) in [6.45, 7) is 1.84. The molecule has 1 aliphatic rings. The van der Waals surface area contributed by atoms with Crippen molar-refractivity contribution < 1.29 is 14.8 Å². The van der Waals surface area contributed by atoms with Crippen LogP contribution < -0.4 is 5.32 Å². The molecule has 0 spiro atoms. The number of hydrogen-bond acceptors (Lipinski definition) is 4. The summed E-state index contributed by atoms with van der Waals surface area (Å²) in [6.07, 6.45) is 3.00. The molecule has 3 rings (SSSR count). The monoisotopic (exact) mass is 326 g/mol. The zero-order valence-electron chi connectivity index (χ0n) is 13.3. The van der Waals surface area contributed by atoms with E-state index in [1.165, 1.54) is 18.2 Å². The average molecular weight is 326 g/mol. The van der Waals surface area contributed by atoms with Crippen molar-refractivity contribution in [3.8, 4) is 5.75 Å². The van der Waals surface area contributed by atoms with Gasteiger partial charge in [-0.3, -0.25) is 14.9 Å². The number of nitro benzene ring substituents is 1. The summed E-state index contributed by atoms with van der Waals surface area (Å²) >= 11 is 0. The van der Waals surface area contributed by atoms with Crippen molar-refractivity contribution in [2.24, 2.45) is 0 Å². The van der Waals surface area contributed by atoms with Crippen molar-refractivity contribution in [2.45, 2.75) is 32.1 Å². The number of anilines is 1. The van der Waals surface area contributed by atoms with Crippen LogP contribution in [0.25, 0.3) is 0 Å². The normalized spacial score (nSPS) is 14.0. The highest BCUT2D eigenvalue weighted by atomic mass is 16.6. The van der Waals surface area contributed by atoms with Gasteiger partial charge in [0, 0.05) is 17.8 Å². The van der Waals surface area contributed by atoms with Crippen LogP contribution >= 0.6 is 0 Å². The number of hydrogen-bond donors (Lipinski definition) is 2. The van der Waals surface area contributed by atoms with Gasteiger partial charge >= 0.3 is 0 Å². The Kier molecular flexibility index (Phi) is 4.20. The Balaban J connectivity index is 1.92. The minimum atomic E-state index is -0.430. The summed E-state index contributed by atoms with van der Waals surface area (Å²) in [5, 5.41) is 23.7. The Bertz CT molecular complexity index is 813. The summed E-state index contributed by atoms with van der Waals surface area (Å²) in [7, 11) is 0. The zero-order valence-corrected chi connectivity index (χ0v) is 13.3. The number of carbonyl (C=O) groups excluding carboxylic acids is 1. The van der Waals surface area contributed by atoms with Gasteiger partial charge in [-0.2, -0.15) is 0 Å². The second kappa shape index (κ2) is 6.31.